The topological polar surface area (TPSA) is 29.0 Å². The minimum Gasteiger partial charge on any atom is -0.348 e. The number of aromatic nitrogens is 2. The molecule has 0 saturated carbocycles. The minimum atomic E-state index is 0.940. The van der Waals surface area contributed by atoms with E-state index in [1.165, 1.54) is 0 Å². The summed E-state index contributed by atoms with van der Waals surface area (Å²) in [5.41, 5.74) is 0. The lowest BCUT2D eigenvalue weighted by atomic mass is 10.5. The van der Waals surface area contributed by atoms with Crippen LogP contribution in [0, 0.1) is 0 Å². The highest BCUT2D eigenvalue weighted by Gasteiger charge is 2.11. The average Bonchev–Trinajstić information content (AvgIpc) is 2.57. The van der Waals surface area contributed by atoms with Gasteiger partial charge in [0, 0.05) is 19.3 Å². The number of hydrogen-bond acceptors (Lipinski definition) is 3. The van der Waals surface area contributed by atoms with Crippen LogP contribution < -0.4 is 4.90 Å². The predicted octanol–water partition coefficient (Wildman–Crippen LogP) is 1.62. The third kappa shape index (κ3) is 1.34. The predicted molar refractivity (Wildman–Crippen MR) is 51.1 cm³/mol. The number of halogens is 1. The van der Waals surface area contributed by atoms with Crippen molar-refractivity contribution < 1.29 is 0 Å². The largest absolute Gasteiger partial charge is 0.348 e. The summed E-state index contributed by atoms with van der Waals surface area (Å²) in [6.07, 6.45) is 7.60. The molecule has 0 aliphatic carbocycles. The van der Waals surface area contributed by atoms with Crippen molar-refractivity contribution in [2.24, 2.45) is 0 Å². The van der Waals surface area contributed by atoms with Gasteiger partial charge in [0.25, 0.3) is 0 Å². The van der Waals surface area contributed by atoms with Crippen LogP contribution in [0.3, 0.4) is 0 Å². The summed E-state index contributed by atoms with van der Waals surface area (Å²) in [4.78, 5) is 10.3. The molecule has 62 valence electrons. The zero-order valence-electron chi connectivity index (χ0n) is 6.44. The third-order valence-electron chi connectivity index (χ3n) is 1.77. The zero-order chi connectivity index (χ0) is 8.39. The van der Waals surface area contributed by atoms with Gasteiger partial charge in [-0.15, -0.1) is 0 Å². The van der Waals surface area contributed by atoms with E-state index in [1.54, 1.807) is 12.5 Å². The van der Waals surface area contributed by atoms with E-state index in [1.807, 2.05) is 0 Å². The molecular weight excluding hydrogens is 218 g/mol. The van der Waals surface area contributed by atoms with Crippen molar-refractivity contribution in [3.63, 3.8) is 0 Å². The first kappa shape index (κ1) is 7.73. The van der Waals surface area contributed by atoms with Gasteiger partial charge in [0.05, 0.1) is 4.47 Å². The first-order chi connectivity index (χ1) is 5.88. The van der Waals surface area contributed by atoms with Crippen molar-refractivity contribution in [3.8, 4) is 0 Å². The van der Waals surface area contributed by atoms with Gasteiger partial charge >= 0.3 is 0 Å². The van der Waals surface area contributed by atoms with Gasteiger partial charge in [-0.25, -0.2) is 9.97 Å². The Hall–Kier alpha value is -0.900. The molecule has 3 nitrogen and oxygen atoms in total. The molecule has 0 N–H and O–H groups in total. The standard InChI is InChI=1S/C8H8BrN3/c9-7-5-10-6-11-8(7)12-3-1-2-4-12/h1-2,5-6H,3-4H2. The Morgan fingerprint density at radius 2 is 2.08 bits per heavy atom. The molecule has 1 aromatic rings. The number of rotatable bonds is 1. The van der Waals surface area contributed by atoms with Crippen LogP contribution in [-0.2, 0) is 0 Å². The molecule has 1 aromatic heterocycles. The molecule has 1 aliphatic rings. The van der Waals surface area contributed by atoms with E-state index in [4.69, 9.17) is 0 Å². The van der Waals surface area contributed by atoms with Crippen molar-refractivity contribution >= 4 is 21.7 Å². The molecule has 0 radical (unpaired) electrons. The van der Waals surface area contributed by atoms with Gasteiger partial charge in [-0.2, -0.15) is 0 Å². The van der Waals surface area contributed by atoms with Crippen LogP contribution in [0.1, 0.15) is 0 Å². The lowest BCUT2D eigenvalue weighted by Crippen LogP contribution is -2.20. The smallest absolute Gasteiger partial charge is 0.146 e. The van der Waals surface area contributed by atoms with Crippen LogP contribution in [0.25, 0.3) is 0 Å². The van der Waals surface area contributed by atoms with Crippen molar-refractivity contribution in [1.82, 2.24) is 9.97 Å². The molecule has 0 amide bonds. The Labute approximate surface area is 79.3 Å². The summed E-state index contributed by atoms with van der Waals surface area (Å²) in [5, 5.41) is 0. The maximum Gasteiger partial charge on any atom is 0.146 e. The number of hydrogen-bond donors (Lipinski definition) is 0. The molecule has 0 spiro atoms. The van der Waals surface area contributed by atoms with Crippen molar-refractivity contribution in [2.45, 2.75) is 0 Å². The third-order valence-corrected chi connectivity index (χ3v) is 2.33. The van der Waals surface area contributed by atoms with Gasteiger partial charge < -0.3 is 4.90 Å². The fourth-order valence-electron chi connectivity index (χ4n) is 1.19. The Morgan fingerprint density at radius 3 is 2.75 bits per heavy atom. The summed E-state index contributed by atoms with van der Waals surface area (Å²) in [7, 11) is 0. The van der Waals surface area contributed by atoms with Crippen LogP contribution in [0.5, 0.6) is 0 Å². The fourth-order valence-corrected chi connectivity index (χ4v) is 1.66. The Bertz CT molecular complexity index is 303. The molecule has 4 heteroatoms. The Balaban J connectivity index is 2.27. The van der Waals surface area contributed by atoms with E-state index in [2.05, 4.69) is 42.9 Å². The van der Waals surface area contributed by atoms with Crippen LogP contribution in [0.4, 0.5) is 5.82 Å². The highest BCUT2D eigenvalue weighted by Crippen LogP contribution is 2.22. The molecule has 0 aromatic carbocycles. The van der Waals surface area contributed by atoms with E-state index >= 15 is 0 Å². The number of nitrogens with zero attached hydrogens (tertiary/aromatic N) is 3. The van der Waals surface area contributed by atoms with E-state index < -0.39 is 0 Å². The molecule has 0 bridgehead atoms. The molecule has 1 aliphatic heterocycles. The van der Waals surface area contributed by atoms with Crippen LogP contribution in [0.15, 0.2) is 29.1 Å². The SMILES string of the molecule is Brc1cncnc1N1CC=CC1. The van der Waals surface area contributed by atoms with E-state index in [0.717, 1.165) is 23.4 Å². The maximum absolute atomic E-state index is 4.19. The van der Waals surface area contributed by atoms with Gasteiger partial charge in [-0.1, -0.05) is 12.2 Å². The summed E-state index contributed by atoms with van der Waals surface area (Å²) < 4.78 is 0.953. The average molecular weight is 226 g/mol. The van der Waals surface area contributed by atoms with Crippen molar-refractivity contribution in [2.75, 3.05) is 18.0 Å². The Morgan fingerprint density at radius 1 is 1.33 bits per heavy atom. The number of anilines is 1. The quantitative estimate of drug-likeness (QED) is 0.681. The monoisotopic (exact) mass is 225 g/mol. The summed E-state index contributed by atoms with van der Waals surface area (Å²) in [5.74, 6) is 0.968. The molecular formula is C8H8BrN3. The lowest BCUT2D eigenvalue weighted by molar-refractivity contribution is 0.948. The van der Waals surface area contributed by atoms with E-state index in [9.17, 15) is 0 Å². The highest BCUT2D eigenvalue weighted by atomic mass is 79.9. The molecule has 0 atom stereocenters. The van der Waals surface area contributed by atoms with Gasteiger partial charge in [-0.05, 0) is 15.9 Å². The van der Waals surface area contributed by atoms with Gasteiger partial charge in [0.15, 0.2) is 0 Å². The first-order valence-corrected chi connectivity index (χ1v) is 4.52. The van der Waals surface area contributed by atoms with E-state index in [-0.39, 0.29) is 0 Å². The van der Waals surface area contributed by atoms with Crippen molar-refractivity contribution in [3.05, 3.63) is 29.1 Å². The highest BCUT2D eigenvalue weighted by molar-refractivity contribution is 9.10. The molecule has 0 unspecified atom stereocenters. The maximum atomic E-state index is 4.19. The van der Waals surface area contributed by atoms with Gasteiger partial charge in [-0.3, -0.25) is 0 Å². The Kier molecular flexibility index (Phi) is 2.08. The van der Waals surface area contributed by atoms with Gasteiger partial charge in [0.2, 0.25) is 0 Å². The summed E-state index contributed by atoms with van der Waals surface area (Å²) in [6.45, 7) is 1.88. The second-order valence-electron chi connectivity index (χ2n) is 2.57. The minimum absolute atomic E-state index is 0.940. The van der Waals surface area contributed by atoms with Crippen LogP contribution >= 0.6 is 15.9 Å². The zero-order valence-corrected chi connectivity index (χ0v) is 8.03. The molecule has 0 saturated heterocycles. The molecule has 2 heterocycles. The molecule has 2 rings (SSSR count). The molecule has 0 fully saturated rings. The van der Waals surface area contributed by atoms with E-state index in [0.29, 0.717) is 0 Å². The second kappa shape index (κ2) is 3.23. The first-order valence-electron chi connectivity index (χ1n) is 3.73. The fraction of sp³-hybridized carbons (Fsp3) is 0.250. The van der Waals surface area contributed by atoms with Crippen LogP contribution in [0.2, 0.25) is 0 Å². The lowest BCUT2D eigenvalue weighted by Gasteiger charge is -2.16. The van der Waals surface area contributed by atoms with Crippen LogP contribution in [-0.4, -0.2) is 23.1 Å². The van der Waals surface area contributed by atoms with Crippen molar-refractivity contribution in [1.29, 1.82) is 0 Å². The molecule has 12 heavy (non-hydrogen) atoms. The summed E-state index contributed by atoms with van der Waals surface area (Å²) in [6, 6.07) is 0. The summed E-state index contributed by atoms with van der Waals surface area (Å²) >= 11 is 3.41. The van der Waals surface area contributed by atoms with Gasteiger partial charge in [0.1, 0.15) is 12.1 Å². The normalized spacial score (nSPS) is 15.6. The second-order valence-corrected chi connectivity index (χ2v) is 3.43.